The molecule has 0 radical (unpaired) electrons. The number of sulfone groups is 1. The van der Waals surface area contributed by atoms with Gasteiger partial charge in [-0.15, -0.1) is 0 Å². The first-order valence-electron chi connectivity index (χ1n) is 10.8. The van der Waals surface area contributed by atoms with Crippen LogP contribution in [0.1, 0.15) is 39.5 Å². The van der Waals surface area contributed by atoms with Crippen molar-refractivity contribution in [2.75, 3.05) is 11.2 Å². The van der Waals surface area contributed by atoms with E-state index in [2.05, 4.69) is 15.2 Å². The van der Waals surface area contributed by atoms with Crippen LogP contribution in [0, 0.1) is 0 Å². The van der Waals surface area contributed by atoms with Crippen LogP contribution in [0.3, 0.4) is 0 Å². The van der Waals surface area contributed by atoms with Gasteiger partial charge in [-0.3, -0.25) is 4.79 Å². The van der Waals surface area contributed by atoms with Crippen LogP contribution in [0.4, 0.5) is 5.69 Å². The SMILES string of the molecule is CC(C)(Oc1ncc(Cl)cc1Cl)C(=O)NC1C[C@H]2CC[C@@H](C1)N2c1ccc(S(C)(=O)=O)cc1. The normalized spacial score (nSPS) is 22.8. The second kappa shape index (κ2) is 8.96. The zero-order valence-corrected chi connectivity index (χ0v) is 21.0. The summed E-state index contributed by atoms with van der Waals surface area (Å²) >= 11 is 12.0. The summed E-state index contributed by atoms with van der Waals surface area (Å²) in [5, 5.41) is 3.78. The Bertz CT molecular complexity index is 1140. The number of anilines is 1. The van der Waals surface area contributed by atoms with Gasteiger partial charge in [0.05, 0.1) is 9.92 Å². The summed E-state index contributed by atoms with van der Waals surface area (Å²) in [7, 11) is -3.22. The number of nitrogens with one attached hydrogen (secondary N) is 1. The molecule has 2 aliphatic heterocycles. The fourth-order valence-corrected chi connectivity index (χ4v) is 5.76. The third-order valence-corrected chi connectivity index (χ3v) is 7.91. The molecule has 0 saturated carbocycles. The number of pyridine rings is 1. The molecule has 0 aliphatic carbocycles. The number of hydrogen-bond donors (Lipinski definition) is 1. The predicted octanol–water partition coefficient (Wildman–Crippen LogP) is 4.27. The van der Waals surface area contributed by atoms with Crippen LogP contribution >= 0.6 is 23.2 Å². The lowest BCUT2D eigenvalue weighted by atomic mass is 9.95. The minimum atomic E-state index is -3.22. The minimum Gasteiger partial charge on any atom is -0.460 e. The van der Waals surface area contributed by atoms with E-state index in [1.807, 2.05) is 12.1 Å². The molecule has 2 fully saturated rings. The van der Waals surface area contributed by atoms with E-state index < -0.39 is 15.4 Å². The minimum absolute atomic E-state index is 0.0260. The Morgan fingerprint density at radius 2 is 1.76 bits per heavy atom. The zero-order chi connectivity index (χ0) is 24.0. The van der Waals surface area contributed by atoms with Gasteiger partial charge in [-0.1, -0.05) is 23.2 Å². The summed E-state index contributed by atoms with van der Waals surface area (Å²) in [4.78, 5) is 19.8. The van der Waals surface area contributed by atoms with E-state index in [0.29, 0.717) is 9.92 Å². The lowest BCUT2D eigenvalue weighted by Crippen LogP contribution is -2.55. The number of ether oxygens (including phenoxy) is 1. The molecule has 10 heteroatoms. The molecule has 4 rings (SSSR count). The molecule has 1 unspecified atom stereocenters. The van der Waals surface area contributed by atoms with Crippen LogP contribution < -0.4 is 15.0 Å². The quantitative estimate of drug-likeness (QED) is 0.622. The zero-order valence-electron chi connectivity index (χ0n) is 18.7. The van der Waals surface area contributed by atoms with E-state index in [4.69, 9.17) is 27.9 Å². The van der Waals surface area contributed by atoms with Crippen molar-refractivity contribution in [1.29, 1.82) is 0 Å². The topological polar surface area (TPSA) is 88.6 Å². The summed E-state index contributed by atoms with van der Waals surface area (Å²) in [5.41, 5.74) is -0.144. The van der Waals surface area contributed by atoms with Crippen molar-refractivity contribution in [2.45, 2.75) is 68.2 Å². The van der Waals surface area contributed by atoms with Gasteiger partial charge in [0, 0.05) is 36.3 Å². The number of nitrogens with zero attached hydrogens (tertiary/aromatic N) is 2. The van der Waals surface area contributed by atoms with Crippen molar-refractivity contribution in [3.8, 4) is 5.88 Å². The molecule has 1 amide bonds. The van der Waals surface area contributed by atoms with E-state index in [-0.39, 0.29) is 34.9 Å². The summed E-state index contributed by atoms with van der Waals surface area (Å²) in [6.07, 6.45) is 6.33. The Labute approximate surface area is 204 Å². The maximum atomic E-state index is 13.0. The lowest BCUT2D eigenvalue weighted by molar-refractivity contribution is -0.135. The summed E-state index contributed by atoms with van der Waals surface area (Å²) < 4.78 is 29.3. The maximum absolute atomic E-state index is 13.0. The fraction of sp³-hybridized carbons (Fsp3) is 0.478. The first kappa shape index (κ1) is 24.1. The molecule has 2 saturated heterocycles. The molecule has 3 atom stereocenters. The summed E-state index contributed by atoms with van der Waals surface area (Å²) in [6.45, 7) is 3.37. The highest BCUT2D eigenvalue weighted by atomic mass is 35.5. The lowest BCUT2D eigenvalue weighted by Gasteiger charge is -2.41. The van der Waals surface area contributed by atoms with Crippen molar-refractivity contribution in [3.05, 3.63) is 46.6 Å². The van der Waals surface area contributed by atoms with Gasteiger partial charge in [-0.2, -0.15) is 0 Å². The molecule has 178 valence electrons. The molecule has 1 N–H and O–H groups in total. The Morgan fingerprint density at radius 1 is 1.15 bits per heavy atom. The van der Waals surface area contributed by atoms with Gasteiger partial charge in [0.25, 0.3) is 5.91 Å². The number of amides is 1. The maximum Gasteiger partial charge on any atom is 0.263 e. The van der Waals surface area contributed by atoms with Crippen LogP contribution in [-0.4, -0.2) is 49.3 Å². The van der Waals surface area contributed by atoms with Crippen LogP contribution in [0.25, 0.3) is 0 Å². The summed E-state index contributed by atoms with van der Waals surface area (Å²) in [6, 6.07) is 9.19. The molecule has 33 heavy (non-hydrogen) atoms. The van der Waals surface area contributed by atoms with E-state index in [1.165, 1.54) is 18.5 Å². The van der Waals surface area contributed by atoms with E-state index in [0.717, 1.165) is 31.4 Å². The molecule has 7 nitrogen and oxygen atoms in total. The molecular weight excluding hydrogens is 485 g/mol. The number of halogens is 2. The largest absolute Gasteiger partial charge is 0.460 e. The average Bonchev–Trinajstić information content (AvgIpc) is 3.00. The Morgan fingerprint density at radius 3 is 2.30 bits per heavy atom. The molecule has 3 heterocycles. The van der Waals surface area contributed by atoms with Gasteiger partial charge in [0.1, 0.15) is 5.02 Å². The number of carbonyl (C=O) groups is 1. The van der Waals surface area contributed by atoms with Crippen LogP contribution in [0.5, 0.6) is 5.88 Å². The first-order valence-corrected chi connectivity index (χ1v) is 13.5. The number of rotatable bonds is 6. The van der Waals surface area contributed by atoms with Crippen molar-refractivity contribution in [2.24, 2.45) is 0 Å². The van der Waals surface area contributed by atoms with Crippen LogP contribution in [0.2, 0.25) is 10.0 Å². The molecule has 2 aromatic rings. The first-order chi connectivity index (χ1) is 15.4. The fourth-order valence-electron chi connectivity index (χ4n) is 4.71. The number of carbonyl (C=O) groups excluding carboxylic acids is 1. The monoisotopic (exact) mass is 511 g/mol. The Hall–Kier alpha value is -2.03. The number of aromatic nitrogens is 1. The number of hydrogen-bond acceptors (Lipinski definition) is 6. The second-order valence-electron chi connectivity index (χ2n) is 9.25. The summed E-state index contributed by atoms with van der Waals surface area (Å²) in [5.74, 6) is -0.0701. The second-order valence-corrected chi connectivity index (χ2v) is 12.1. The van der Waals surface area contributed by atoms with E-state index in [9.17, 15) is 13.2 Å². The number of piperidine rings is 1. The van der Waals surface area contributed by atoms with E-state index >= 15 is 0 Å². The van der Waals surface area contributed by atoms with Gasteiger partial charge >= 0.3 is 0 Å². The van der Waals surface area contributed by atoms with Crippen molar-refractivity contribution in [1.82, 2.24) is 10.3 Å². The highest BCUT2D eigenvalue weighted by Gasteiger charge is 2.42. The third kappa shape index (κ3) is 5.23. The standard InChI is InChI=1S/C23H27Cl2N3O4S/c1-23(2,32-21-20(25)10-14(24)13-26-21)22(29)27-15-11-17-4-5-18(12-15)28(17)16-6-8-19(9-7-16)33(3,30)31/h6-10,13,15,17-18H,4-5,11-12H2,1-3H3,(H,27,29)/t15?,17-,18+. The van der Waals surface area contributed by atoms with Crippen molar-refractivity contribution in [3.63, 3.8) is 0 Å². The highest BCUT2D eigenvalue weighted by molar-refractivity contribution is 7.90. The smallest absolute Gasteiger partial charge is 0.263 e. The molecule has 1 aromatic heterocycles. The Kier molecular flexibility index (Phi) is 6.55. The predicted molar refractivity (Wildman–Crippen MR) is 129 cm³/mol. The third-order valence-electron chi connectivity index (χ3n) is 6.30. The van der Waals surface area contributed by atoms with Gasteiger partial charge in [-0.25, -0.2) is 13.4 Å². The molecular formula is C23H27Cl2N3O4S. The number of benzene rings is 1. The highest BCUT2D eigenvalue weighted by Crippen LogP contribution is 2.40. The molecule has 2 aliphatic rings. The van der Waals surface area contributed by atoms with Gasteiger partial charge in [0.15, 0.2) is 15.4 Å². The molecule has 2 bridgehead atoms. The average molecular weight is 512 g/mol. The molecule has 1 aromatic carbocycles. The van der Waals surface area contributed by atoms with E-state index in [1.54, 1.807) is 26.0 Å². The molecule has 0 spiro atoms. The van der Waals surface area contributed by atoms with Gasteiger partial charge in [-0.05, 0) is 69.9 Å². The van der Waals surface area contributed by atoms with Gasteiger partial charge in [0.2, 0.25) is 5.88 Å². The Balaban J connectivity index is 1.41. The van der Waals surface area contributed by atoms with Crippen LogP contribution in [0.15, 0.2) is 41.4 Å². The van der Waals surface area contributed by atoms with Crippen LogP contribution in [-0.2, 0) is 14.6 Å². The van der Waals surface area contributed by atoms with Crippen molar-refractivity contribution >= 4 is 44.6 Å². The van der Waals surface area contributed by atoms with Gasteiger partial charge < -0.3 is 15.0 Å². The number of fused-ring (bicyclic) bond motifs is 2. The van der Waals surface area contributed by atoms with Crippen molar-refractivity contribution < 1.29 is 17.9 Å².